The van der Waals surface area contributed by atoms with Crippen molar-refractivity contribution in [2.24, 2.45) is 0 Å². The van der Waals surface area contributed by atoms with E-state index in [-0.39, 0.29) is 25.0 Å². The van der Waals surface area contributed by atoms with E-state index < -0.39 is 10.0 Å². The molecule has 1 aliphatic rings. The molecule has 8 heteroatoms. The summed E-state index contributed by atoms with van der Waals surface area (Å²) in [7, 11) is -3.65. The van der Waals surface area contributed by atoms with E-state index in [1.807, 2.05) is 45.9 Å². The number of hydrogen-bond acceptors (Lipinski definition) is 4. The van der Waals surface area contributed by atoms with Crippen LogP contribution in [-0.2, 0) is 10.0 Å². The summed E-state index contributed by atoms with van der Waals surface area (Å²) in [6, 6.07) is 5.86. The van der Waals surface area contributed by atoms with Crippen LogP contribution in [0.2, 0.25) is 0 Å². The number of carbonyl (C=O) groups excluding carboxylic acids is 1. The van der Waals surface area contributed by atoms with Crippen LogP contribution in [0.4, 0.5) is 0 Å². The average molecular weight is 419 g/mol. The van der Waals surface area contributed by atoms with E-state index in [0.717, 1.165) is 11.1 Å². The Morgan fingerprint density at radius 1 is 1.03 bits per heavy atom. The molecule has 1 aromatic carbocycles. The number of amides is 1. The molecule has 0 aliphatic carbocycles. The number of hydrogen-bond donors (Lipinski definition) is 0. The normalized spacial score (nSPS) is 15.9. The van der Waals surface area contributed by atoms with E-state index in [2.05, 4.69) is 5.10 Å². The standard InChI is InChI=1S/C21H30N4O3S/c1-14(2)25-18(6)20(17(5)22-25)29(27,28)24-11-9-23(10-12-24)21(26)19-8-7-15(3)13-16(19)4/h7-8,13-14H,9-12H2,1-6H3. The number of piperazine rings is 1. The monoisotopic (exact) mass is 418 g/mol. The highest BCUT2D eigenvalue weighted by Gasteiger charge is 2.34. The van der Waals surface area contributed by atoms with Gasteiger partial charge in [-0.2, -0.15) is 9.40 Å². The highest BCUT2D eigenvalue weighted by Crippen LogP contribution is 2.26. The van der Waals surface area contributed by atoms with Crippen molar-refractivity contribution in [3.8, 4) is 0 Å². The van der Waals surface area contributed by atoms with E-state index in [4.69, 9.17) is 0 Å². The van der Waals surface area contributed by atoms with E-state index in [1.165, 1.54) is 4.31 Å². The molecule has 7 nitrogen and oxygen atoms in total. The zero-order valence-electron chi connectivity index (χ0n) is 18.1. The fourth-order valence-electron chi connectivity index (χ4n) is 4.01. The summed E-state index contributed by atoms with van der Waals surface area (Å²) in [6.45, 7) is 12.7. The summed E-state index contributed by atoms with van der Waals surface area (Å²) in [5, 5.41) is 4.42. The first-order valence-electron chi connectivity index (χ1n) is 9.96. The molecule has 29 heavy (non-hydrogen) atoms. The molecular weight excluding hydrogens is 388 g/mol. The Kier molecular flexibility index (Phi) is 5.87. The molecule has 2 heterocycles. The van der Waals surface area contributed by atoms with Crippen molar-refractivity contribution in [3.05, 3.63) is 46.3 Å². The zero-order valence-corrected chi connectivity index (χ0v) is 18.9. The summed E-state index contributed by atoms with van der Waals surface area (Å²) in [4.78, 5) is 14.9. The minimum Gasteiger partial charge on any atom is -0.336 e. The Morgan fingerprint density at radius 3 is 2.17 bits per heavy atom. The van der Waals surface area contributed by atoms with Gasteiger partial charge in [0.1, 0.15) is 4.90 Å². The molecule has 0 saturated carbocycles. The Bertz CT molecular complexity index is 1030. The topological polar surface area (TPSA) is 75.5 Å². The van der Waals surface area contributed by atoms with Crippen LogP contribution < -0.4 is 0 Å². The van der Waals surface area contributed by atoms with Crippen molar-refractivity contribution in [2.75, 3.05) is 26.2 Å². The molecule has 1 fully saturated rings. The second-order valence-corrected chi connectivity index (χ2v) is 9.93. The van der Waals surface area contributed by atoms with Crippen molar-refractivity contribution in [2.45, 2.75) is 52.5 Å². The summed E-state index contributed by atoms with van der Waals surface area (Å²) in [6.07, 6.45) is 0. The van der Waals surface area contributed by atoms with E-state index in [9.17, 15) is 13.2 Å². The third-order valence-corrected chi connectivity index (χ3v) is 7.64. The van der Waals surface area contributed by atoms with E-state index >= 15 is 0 Å². The maximum Gasteiger partial charge on any atom is 0.254 e. The molecule has 2 aromatic rings. The van der Waals surface area contributed by atoms with Crippen LogP contribution >= 0.6 is 0 Å². The molecule has 1 amide bonds. The minimum atomic E-state index is -3.65. The number of benzene rings is 1. The molecule has 0 radical (unpaired) electrons. The largest absolute Gasteiger partial charge is 0.336 e. The predicted octanol–water partition coefficient (Wildman–Crippen LogP) is 2.84. The van der Waals surface area contributed by atoms with Crippen LogP contribution in [0.5, 0.6) is 0 Å². The fraction of sp³-hybridized carbons (Fsp3) is 0.524. The van der Waals surface area contributed by atoms with Crippen LogP contribution in [0.25, 0.3) is 0 Å². The van der Waals surface area contributed by atoms with Crippen LogP contribution in [0.15, 0.2) is 23.1 Å². The van der Waals surface area contributed by atoms with Gasteiger partial charge in [-0.1, -0.05) is 17.7 Å². The molecule has 1 aliphatic heterocycles. The second kappa shape index (κ2) is 7.91. The summed E-state index contributed by atoms with van der Waals surface area (Å²) >= 11 is 0. The third kappa shape index (κ3) is 3.96. The Labute approximate surface area is 173 Å². The van der Waals surface area contributed by atoms with Crippen molar-refractivity contribution in [3.63, 3.8) is 0 Å². The van der Waals surface area contributed by atoms with Crippen molar-refractivity contribution in [1.29, 1.82) is 0 Å². The van der Waals surface area contributed by atoms with Gasteiger partial charge >= 0.3 is 0 Å². The van der Waals surface area contributed by atoms with Gasteiger partial charge in [-0.3, -0.25) is 9.48 Å². The Hall–Kier alpha value is -2.19. The van der Waals surface area contributed by atoms with Crippen molar-refractivity contribution in [1.82, 2.24) is 19.0 Å². The number of carbonyl (C=O) groups is 1. The van der Waals surface area contributed by atoms with Gasteiger partial charge in [0.2, 0.25) is 10.0 Å². The molecule has 1 aromatic heterocycles. The van der Waals surface area contributed by atoms with Crippen LogP contribution in [0, 0.1) is 27.7 Å². The van der Waals surface area contributed by atoms with Gasteiger partial charge in [0.05, 0.1) is 11.4 Å². The molecule has 0 spiro atoms. The SMILES string of the molecule is Cc1ccc(C(=O)N2CCN(S(=O)(=O)c3c(C)nn(C(C)C)c3C)CC2)c(C)c1. The number of nitrogens with zero attached hydrogens (tertiary/aromatic N) is 4. The van der Waals surface area contributed by atoms with E-state index in [0.29, 0.717) is 34.9 Å². The van der Waals surface area contributed by atoms with Gasteiger partial charge in [0, 0.05) is 37.8 Å². The predicted molar refractivity (Wildman–Crippen MR) is 113 cm³/mol. The lowest BCUT2D eigenvalue weighted by Gasteiger charge is -2.34. The third-order valence-electron chi connectivity index (χ3n) is 5.48. The molecule has 0 bridgehead atoms. The zero-order chi connectivity index (χ0) is 21.5. The van der Waals surface area contributed by atoms with Gasteiger partial charge in [-0.25, -0.2) is 8.42 Å². The molecule has 3 rings (SSSR count). The molecule has 158 valence electrons. The Morgan fingerprint density at radius 2 is 1.66 bits per heavy atom. The number of rotatable bonds is 4. The van der Waals surface area contributed by atoms with Gasteiger partial charge in [0.25, 0.3) is 5.91 Å². The minimum absolute atomic E-state index is 0.0421. The van der Waals surface area contributed by atoms with Crippen LogP contribution in [0.3, 0.4) is 0 Å². The maximum absolute atomic E-state index is 13.3. The highest BCUT2D eigenvalue weighted by atomic mass is 32.2. The van der Waals surface area contributed by atoms with Gasteiger partial charge in [0.15, 0.2) is 0 Å². The van der Waals surface area contributed by atoms with Gasteiger partial charge in [-0.15, -0.1) is 0 Å². The molecule has 1 saturated heterocycles. The quantitative estimate of drug-likeness (QED) is 0.765. The lowest BCUT2D eigenvalue weighted by molar-refractivity contribution is 0.0697. The molecule has 0 atom stereocenters. The second-order valence-electron chi connectivity index (χ2n) is 8.05. The molecule has 0 unspecified atom stereocenters. The summed E-state index contributed by atoms with van der Waals surface area (Å²) in [5.74, 6) is -0.0421. The Balaban J connectivity index is 1.77. The van der Waals surface area contributed by atoms with E-state index in [1.54, 1.807) is 23.4 Å². The maximum atomic E-state index is 13.3. The smallest absolute Gasteiger partial charge is 0.254 e. The van der Waals surface area contributed by atoms with Gasteiger partial charge < -0.3 is 4.90 Å². The number of aromatic nitrogens is 2. The lowest BCUT2D eigenvalue weighted by Crippen LogP contribution is -2.50. The summed E-state index contributed by atoms with van der Waals surface area (Å²) in [5.41, 5.74) is 3.91. The van der Waals surface area contributed by atoms with Crippen molar-refractivity contribution >= 4 is 15.9 Å². The van der Waals surface area contributed by atoms with Crippen LogP contribution in [-0.4, -0.2) is 59.5 Å². The number of aryl methyl sites for hydroxylation is 3. The first kappa shape index (κ1) is 21.5. The first-order valence-corrected chi connectivity index (χ1v) is 11.4. The fourth-order valence-corrected chi connectivity index (χ4v) is 5.79. The molecule has 0 N–H and O–H groups in total. The average Bonchev–Trinajstić information content (AvgIpc) is 2.96. The summed E-state index contributed by atoms with van der Waals surface area (Å²) < 4.78 is 29.8. The van der Waals surface area contributed by atoms with Gasteiger partial charge in [-0.05, 0) is 53.2 Å². The highest BCUT2D eigenvalue weighted by molar-refractivity contribution is 7.89. The first-order chi connectivity index (χ1) is 13.5. The molecular formula is C21H30N4O3S. The number of sulfonamides is 1. The lowest BCUT2D eigenvalue weighted by atomic mass is 10.0. The van der Waals surface area contributed by atoms with Crippen LogP contribution in [0.1, 0.15) is 52.8 Å². The van der Waals surface area contributed by atoms with Crippen molar-refractivity contribution < 1.29 is 13.2 Å².